The minimum atomic E-state index is -1.02. The maximum atomic E-state index is 10.9. The molecular weight excluding hydrogens is 280 g/mol. The zero-order valence-corrected chi connectivity index (χ0v) is 11.4. The van der Waals surface area contributed by atoms with E-state index in [1.807, 2.05) is 6.07 Å². The summed E-state index contributed by atoms with van der Waals surface area (Å²) in [6, 6.07) is 8.36. The molecule has 0 aliphatic heterocycles. The van der Waals surface area contributed by atoms with Gasteiger partial charge in [0.1, 0.15) is 17.1 Å². The molecule has 0 saturated heterocycles. The van der Waals surface area contributed by atoms with Crippen molar-refractivity contribution in [1.29, 1.82) is 5.26 Å². The normalized spacial score (nSPS) is 10.1. The van der Waals surface area contributed by atoms with Crippen molar-refractivity contribution in [2.24, 2.45) is 0 Å². The van der Waals surface area contributed by atoms with Crippen LogP contribution in [0.25, 0.3) is 0 Å². The van der Waals surface area contributed by atoms with Crippen LogP contribution in [0, 0.1) is 18.3 Å². The van der Waals surface area contributed by atoms with E-state index in [9.17, 15) is 4.79 Å². The molecule has 0 unspecified atom stereocenters. The van der Waals surface area contributed by atoms with E-state index in [4.69, 9.17) is 26.4 Å². The SMILES string of the molecule is Cc1oc(CNc2ccc(C#N)cc2Cl)cc1C(=O)O. The van der Waals surface area contributed by atoms with Crippen LogP contribution >= 0.6 is 11.6 Å². The quantitative estimate of drug-likeness (QED) is 0.901. The first-order valence-corrected chi connectivity index (χ1v) is 6.15. The van der Waals surface area contributed by atoms with Gasteiger partial charge in [0.05, 0.1) is 28.9 Å². The van der Waals surface area contributed by atoms with Crippen molar-refractivity contribution in [3.05, 3.63) is 51.9 Å². The maximum Gasteiger partial charge on any atom is 0.339 e. The van der Waals surface area contributed by atoms with E-state index < -0.39 is 5.97 Å². The predicted octanol–water partition coefficient (Wildman–Crippen LogP) is 3.42. The molecule has 1 aromatic carbocycles. The van der Waals surface area contributed by atoms with Crippen molar-refractivity contribution in [3.63, 3.8) is 0 Å². The molecule has 0 aliphatic rings. The first kappa shape index (κ1) is 14.0. The second-order valence-electron chi connectivity index (χ2n) is 4.15. The number of carboxylic acids is 1. The Labute approximate surface area is 120 Å². The summed E-state index contributed by atoms with van der Waals surface area (Å²) in [5.41, 5.74) is 1.27. The number of nitriles is 1. The Kier molecular flexibility index (Phi) is 3.97. The maximum absolute atomic E-state index is 10.9. The Morgan fingerprint density at radius 1 is 1.50 bits per heavy atom. The fraction of sp³-hybridized carbons (Fsp3) is 0.143. The lowest BCUT2D eigenvalue weighted by Crippen LogP contribution is -1.99. The number of furan rings is 1. The van der Waals surface area contributed by atoms with Crippen molar-refractivity contribution in [2.75, 3.05) is 5.32 Å². The Morgan fingerprint density at radius 2 is 2.25 bits per heavy atom. The van der Waals surface area contributed by atoms with Gasteiger partial charge >= 0.3 is 5.97 Å². The highest BCUT2D eigenvalue weighted by molar-refractivity contribution is 6.33. The molecule has 0 atom stereocenters. The number of hydrogen-bond acceptors (Lipinski definition) is 4. The summed E-state index contributed by atoms with van der Waals surface area (Å²) in [4.78, 5) is 10.9. The molecule has 6 heteroatoms. The molecular formula is C14H11ClN2O3. The van der Waals surface area contributed by atoms with Gasteiger partial charge in [-0.05, 0) is 31.2 Å². The third-order valence-corrected chi connectivity index (χ3v) is 3.06. The Hall–Kier alpha value is -2.45. The van der Waals surface area contributed by atoms with Gasteiger partial charge in [0.25, 0.3) is 0 Å². The summed E-state index contributed by atoms with van der Waals surface area (Å²) < 4.78 is 5.34. The second kappa shape index (κ2) is 5.68. The first-order chi connectivity index (χ1) is 9.51. The fourth-order valence-electron chi connectivity index (χ4n) is 1.75. The smallest absolute Gasteiger partial charge is 0.339 e. The van der Waals surface area contributed by atoms with Gasteiger partial charge in [-0.2, -0.15) is 5.26 Å². The number of nitrogens with zero attached hydrogens (tertiary/aromatic N) is 1. The van der Waals surface area contributed by atoms with Crippen LogP contribution in [-0.2, 0) is 6.54 Å². The van der Waals surface area contributed by atoms with Crippen molar-refractivity contribution >= 4 is 23.3 Å². The summed E-state index contributed by atoms with van der Waals surface area (Å²) in [6.45, 7) is 1.90. The summed E-state index contributed by atoms with van der Waals surface area (Å²) in [5.74, 6) is -0.158. The number of hydrogen-bond donors (Lipinski definition) is 2. The molecule has 20 heavy (non-hydrogen) atoms. The fourth-order valence-corrected chi connectivity index (χ4v) is 2.00. The van der Waals surface area contributed by atoms with Crippen LogP contribution in [0.4, 0.5) is 5.69 Å². The zero-order chi connectivity index (χ0) is 14.7. The topological polar surface area (TPSA) is 86.3 Å². The monoisotopic (exact) mass is 290 g/mol. The molecule has 0 bridgehead atoms. The minimum Gasteiger partial charge on any atom is -0.478 e. The number of halogens is 1. The van der Waals surface area contributed by atoms with E-state index in [2.05, 4.69) is 5.32 Å². The van der Waals surface area contributed by atoms with Crippen LogP contribution in [0.3, 0.4) is 0 Å². The molecule has 0 amide bonds. The van der Waals surface area contributed by atoms with Gasteiger partial charge in [0, 0.05) is 0 Å². The number of rotatable bonds is 4. The average Bonchev–Trinajstić information content (AvgIpc) is 2.78. The highest BCUT2D eigenvalue weighted by Crippen LogP contribution is 2.24. The minimum absolute atomic E-state index is 0.146. The van der Waals surface area contributed by atoms with Crippen LogP contribution in [-0.4, -0.2) is 11.1 Å². The molecule has 2 aromatic rings. The van der Waals surface area contributed by atoms with Crippen LogP contribution in [0.1, 0.15) is 27.4 Å². The van der Waals surface area contributed by atoms with Crippen molar-refractivity contribution in [1.82, 2.24) is 0 Å². The van der Waals surface area contributed by atoms with E-state index >= 15 is 0 Å². The third kappa shape index (κ3) is 2.92. The van der Waals surface area contributed by atoms with Crippen LogP contribution in [0.5, 0.6) is 0 Å². The van der Waals surface area contributed by atoms with Crippen LogP contribution in [0.2, 0.25) is 5.02 Å². The van der Waals surface area contributed by atoms with Gasteiger partial charge in [-0.15, -0.1) is 0 Å². The molecule has 0 fully saturated rings. The number of carboxylic acid groups (broad SMARTS) is 1. The molecule has 1 aromatic heterocycles. The highest BCUT2D eigenvalue weighted by Gasteiger charge is 2.13. The van der Waals surface area contributed by atoms with Gasteiger partial charge in [-0.1, -0.05) is 11.6 Å². The zero-order valence-electron chi connectivity index (χ0n) is 10.6. The summed E-state index contributed by atoms with van der Waals surface area (Å²) >= 11 is 6.02. The van der Waals surface area contributed by atoms with Crippen molar-refractivity contribution in [2.45, 2.75) is 13.5 Å². The van der Waals surface area contributed by atoms with E-state index in [1.165, 1.54) is 6.07 Å². The number of anilines is 1. The lowest BCUT2D eigenvalue weighted by atomic mass is 10.2. The van der Waals surface area contributed by atoms with Crippen molar-refractivity contribution < 1.29 is 14.3 Å². The van der Waals surface area contributed by atoms with Gasteiger partial charge in [-0.3, -0.25) is 0 Å². The van der Waals surface area contributed by atoms with Gasteiger partial charge in [0.2, 0.25) is 0 Å². The average molecular weight is 291 g/mol. The van der Waals surface area contributed by atoms with E-state index in [0.29, 0.717) is 34.3 Å². The molecule has 5 nitrogen and oxygen atoms in total. The molecule has 2 rings (SSSR count). The number of carbonyl (C=O) groups is 1. The Bertz CT molecular complexity index is 701. The highest BCUT2D eigenvalue weighted by atomic mass is 35.5. The molecule has 0 aliphatic carbocycles. The largest absolute Gasteiger partial charge is 0.478 e. The summed E-state index contributed by atoms with van der Waals surface area (Å²) in [7, 11) is 0. The van der Waals surface area contributed by atoms with E-state index in [-0.39, 0.29) is 5.56 Å². The van der Waals surface area contributed by atoms with Gasteiger partial charge in [0.15, 0.2) is 0 Å². The number of nitrogens with one attached hydrogen (secondary N) is 1. The molecule has 0 spiro atoms. The molecule has 2 N–H and O–H groups in total. The lowest BCUT2D eigenvalue weighted by molar-refractivity contribution is 0.0695. The number of aryl methyl sites for hydroxylation is 1. The number of aromatic carboxylic acids is 1. The third-order valence-electron chi connectivity index (χ3n) is 2.75. The van der Waals surface area contributed by atoms with Crippen LogP contribution in [0.15, 0.2) is 28.7 Å². The first-order valence-electron chi connectivity index (χ1n) is 5.77. The lowest BCUT2D eigenvalue weighted by Gasteiger charge is -2.06. The van der Waals surface area contributed by atoms with Crippen LogP contribution < -0.4 is 5.32 Å². The van der Waals surface area contributed by atoms with E-state index in [0.717, 1.165) is 0 Å². The Balaban J connectivity index is 2.11. The van der Waals surface area contributed by atoms with Gasteiger partial charge in [-0.25, -0.2) is 4.79 Å². The standard InChI is InChI=1S/C14H11ClN2O3/c1-8-11(14(18)19)5-10(20-8)7-17-13-3-2-9(6-16)4-12(13)15/h2-5,17H,7H2,1H3,(H,18,19). The number of benzene rings is 1. The molecule has 102 valence electrons. The molecule has 0 radical (unpaired) electrons. The van der Waals surface area contributed by atoms with Gasteiger partial charge < -0.3 is 14.8 Å². The molecule has 0 saturated carbocycles. The second-order valence-corrected chi connectivity index (χ2v) is 4.55. The van der Waals surface area contributed by atoms with Crippen molar-refractivity contribution in [3.8, 4) is 6.07 Å². The Morgan fingerprint density at radius 3 is 2.80 bits per heavy atom. The molecule has 1 heterocycles. The summed E-state index contributed by atoms with van der Waals surface area (Å²) in [6.07, 6.45) is 0. The van der Waals surface area contributed by atoms with E-state index in [1.54, 1.807) is 25.1 Å². The predicted molar refractivity (Wildman–Crippen MR) is 73.9 cm³/mol. The summed E-state index contributed by atoms with van der Waals surface area (Å²) in [5, 5.41) is 21.1.